The molecular formula is C21H18O2. The number of rotatable bonds is 4. The fraction of sp³-hybridized carbons (Fsp3) is 0.0952. The zero-order valence-electron chi connectivity index (χ0n) is 13.0. The molecule has 3 aromatic carbocycles. The van der Waals surface area contributed by atoms with E-state index in [-0.39, 0.29) is 5.97 Å². The van der Waals surface area contributed by atoms with Crippen LogP contribution in [0, 0.1) is 6.92 Å². The quantitative estimate of drug-likeness (QED) is 0.638. The fourth-order valence-electron chi connectivity index (χ4n) is 2.53. The van der Waals surface area contributed by atoms with Crippen LogP contribution in [0.25, 0.3) is 0 Å². The molecule has 0 aliphatic heterocycles. The van der Waals surface area contributed by atoms with Crippen LogP contribution in [0.2, 0.25) is 0 Å². The maximum Gasteiger partial charge on any atom is 0.339 e. The second-order valence-corrected chi connectivity index (χ2v) is 5.48. The van der Waals surface area contributed by atoms with Gasteiger partial charge in [0.25, 0.3) is 0 Å². The van der Waals surface area contributed by atoms with Gasteiger partial charge in [0.2, 0.25) is 0 Å². The van der Waals surface area contributed by atoms with Crippen LogP contribution in [0.5, 0.6) is 0 Å². The van der Waals surface area contributed by atoms with Crippen molar-refractivity contribution in [1.29, 1.82) is 0 Å². The molecule has 0 radical (unpaired) electrons. The van der Waals surface area contributed by atoms with Gasteiger partial charge in [0.15, 0.2) is 6.10 Å². The van der Waals surface area contributed by atoms with Crippen molar-refractivity contribution < 1.29 is 9.53 Å². The van der Waals surface area contributed by atoms with Gasteiger partial charge >= 0.3 is 5.97 Å². The number of carbonyl (C=O) groups excluding carboxylic acids is 1. The minimum absolute atomic E-state index is 0.314. The first kappa shape index (κ1) is 15.0. The lowest BCUT2D eigenvalue weighted by Gasteiger charge is -2.19. The van der Waals surface area contributed by atoms with Crippen molar-refractivity contribution in [3.8, 4) is 0 Å². The topological polar surface area (TPSA) is 26.3 Å². The molecule has 0 aliphatic carbocycles. The molecule has 0 bridgehead atoms. The van der Waals surface area contributed by atoms with Crippen molar-refractivity contribution in [2.75, 3.05) is 0 Å². The Labute approximate surface area is 136 Å². The normalized spacial score (nSPS) is 10.5. The average molecular weight is 302 g/mol. The van der Waals surface area contributed by atoms with Gasteiger partial charge in [-0.25, -0.2) is 4.79 Å². The van der Waals surface area contributed by atoms with Crippen LogP contribution in [-0.2, 0) is 4.74 Å². The lowest BCUT2D eigenvalue weighted by Crippen LogP contribution is -2.13. The number of esters is 1. The molecule has 114 valence electrons. The van der Waals surface area contributed by atoms with Gasteiger partial charge in [-0.05, 0) is 30.2 Å². The van der Waals surface area contributed by atoms with Crippen LogP contribution in [0.4, 0.5) is 0 Å². The van der Waals surface area contributed by atoms with Crippen LogP contribution in [0.3, 0.4) is 0 Å². The van der Waals surface area contributed by atoms with Gasteiger partial charge in [0, 0.05) is 0 Å². The van der Waals surface area contributed by atoms with E-state index >= 15 is 0 Å². The van der Waals surface area contributed by atoms with Crippen LogP contribution >= 0.6 is 0 Å². The summed E-state index contributed by atoms with van der Waals surface area (Å²) < 4.78 is 5.82. The van der Waals surface area contributed by atoms with Crippen LogP contribution in [0.15, 0.2) is 84.9 Å². The number of carbonyl (C=O) groups is 1. The molecule has 0 aromatic heterocycles. The summed E-state index contributed by atoms with van der Waals surface area (Å²) in [6.07, 6.45) is -0.412. The number of benzene rings is 3. The van der Waals surface area contributed by atoms with E-state index in [9.17, 15) is 4.79 Å². The molecule has 0 N–H and O–H groups in total. The zero-order chi connectivity index (χ0) is 16.1. The predicted octanol–water partition coefficient (Wildman–Crippen LogP) is 4.94. The van der Waals surface area contributed by atoms with Gasteiger partial charge in [-0.1, -0.05) is 78.4 Å². The van der Waals surface area contributed by atoms with E-state index in [1.807, 2.05) is 85.8 Å². The first-order chi connectivity index (χ1) is 11.2. The molecule has 2 heteroatoms. The molecule has 0 saturated heterocycles. The Bertz CT molecular complexity index is 740. The van der Waals surface area contributed by atoms with Crippen molar-refractivity contribution >= 4 is 5.97 Å². The standard InChI is InChI=1S/C21H18O2/c1-16-9-8-14-19(15-16)21(22)23-20(17-10-4-2-5-11-17)18-12-6-3-7-13-18/h2-15,20H,1H3. The van der Waals surface area contributed by atoms with Crippen LogP contribution in [-0.4, -0.2) is 5.97 Å². The van der Waals surface area contributed by atoms with Crippen molar-refractivity contribution in [2.45, 2.75) is 13.0 Å². The summed E-state index contributed by atoms with van der Waals surface area (Å²) in [7, 11) is 0. The highest BCUT2D eigenvalue weighted by molar-refractivity contribution is 5.89. The summed E-state index contributed by atoms with van der Waals surface area (Å²) in [4.78, 5) is 12.5. The van der Waals surface area contributed by atoms with Crippen LogP contribution in [0.1, 0.15) is 33.2 Å². The van der Waals surface area contributed by atoms with Crippen molar-refractivity contribution in [3.63, 3.8) is 0 Å². The minimum atomic E-state index is -0.412. The predicted molar refractivity (Wildman–Crippen MR) is 91.3 cm³/mol. The molecular weight excluding hydrogens is 284 g/mol. The first-order valence-corrected chi connectivity index (χ1v) is 7.61. The molecule has 0 amide bonds. The Morgan fingerprint density at radius 1 is 0.783 bits per heavy atom. The van der Waals surface area contributed by atoms with E-state index in [1.165, 1.54) is 0 Å². The Morgan fingerprint density at radius 3 is 1.87 bits per heavy atom. The summed E-state index contributed by atoms with van der Waals surface area (Å²) >= 11 is 0. The number of aryl methyl sites for hydroxylation is 1. The minimum Gasteiger partial charge on any atom is -0.449 e. The third-order valence-electron chi connectivity index (χ3n) is 3.68. The molecule has 0 heterocycles. The summed E-state index contributed by atoms with van der Waals surface area (Å²) in [5.74, 6) is -0.314. The smallest absolute Gasteiger partial charge is 0.339 e. The maximum absolute atomic E-state index is 12.5. The maximum atomic E-state index is 12.5. The lowest BCUT2D eigenvalue weighted by molar-refractivity contribution is 0.0378. The SMILES string of the molecule is Cc1cccc(C(=O)OC(c2ccccc2)c2ccccc2)c1. The third-order valence-corrected chi connectivity index (χ3v) is 3.68. The summed E-state index contributed by atoms with van der Waals surface area (Å²) in [5, 5.41) is 0. The molecule has 0 aliphatic rings. The molecule has 2 nitrogen and oxygen atoms in total. The van der Waals surface area contributed by atoms with Gasteiger partial charge in [-0.15, -0.1) is 0 Å². The molecule has 0 atom stereocenters. The summed E-state index contributed by atoms with van der Waals surface area (Å²) in [5.41, 5.74) is 3.52. The average Bonchev–Trinajstić information content (AvgIpc) is 2.61. The molecule has 23 heavy (non-hydrogen) atoms. The Hall–Kier alpha value is -2.87. The zero-order valence-corrected chi connectivity index (χ0v) is 13.0. The van der Waals surface area contributed by atoms with Gasteiger partial charge in [0.05, 0.1) is 5.56 Å². The summed E-state index contributed by atoms with van der Waals surface area (Å²) in [6, 6.07) is 27.0. The second-order valence-electron chi connectivity index (χ2n) is 5.48. The van der Waals surface area contributed by atoms with E-state index in [1.54, 1.807) is 6.07 Å². The molecule has 0 saturated carbocycles. The highest BCUT2D eigenvalue weighted by Gasteiger charge is 2.19. The Morgan fingerprint density at radius 2 is 1.35 bits per heavy atom. The number of hydrogen-bond acceptors (Lipinski definition) is 2. The lowest BCUT2D eigenvalue weighted by atomic mass is 10.0. The van der Waals surface area contributed by atoms with Gasteiger partial charge in [-0.3, -0.25) is 0 Å². The van der Waals surface area contributed by atoms with E-state index in [0.29, 0.717) is 5.56 Å². The molecule has 3 aromatic rings. The van der Waals surface area contributed by atoms with Crippen LogP contribution < -0.4 is 0 Å². The van der Waals surface area contributed by atoms with Crippen molar-refractivity contribution in [3.05, 3.63) is 107 Å². The first-order valence-electron chi connectivity index (χ1n) is 7.61. The van der Waals surface area contributed by atoms with Crippen molar-refractivity contribution in [1.82, 2.24) is 0 Å². The van der Waals surface area contributed by atoms with Gasteiger partial charge < -0.3 is 4.74 Å². The Balaban J connectivity index is 1.92. The largest absolute Gasteiger partial charge is 0.449 e. The fourth-order valence-corrected chi connectivity index (χ4v) is 2.53. The van der Waals surface area contributed by atoms with E-state index in [0.717, 1.165) is 16.7 Å². The third kappa shape index (κ3) is 3.67. The van der Waals surface area contributed by atoms with E-state index < -0.39 is 6.10 Å². The monoisotopic (exact) mass is 302 g/mol. The second kappa shape index (κ2) is 6.93. The highest BCUT2D eigenvalue weighted by Crippen LogP contribution is 2.27. The van der Waals surface area contributed by atoms with Gasteiger partial charge in [0.1, 0.15) is 0 Å². The molecule has 0 unspecified atom stereocenters. The molecule has 0 spiro atoms. The molecule has 3 rings (SSSR count). The highest BCUT2D eigenvalue weighted by atomic mass is 16.5. The Kier molecular flexibility index (Phi) is 4.53. The number of ether oxygens (including phenoxy) is 1. The summed E-state index contributed by atoms with van der Waals surface area (Å²) in [6.45, 7) is 1.96. The number of hydrogen-bond donors (Lipinski definition) is 0. The van der Waals surface area contributed by atoms with E-state index in [4.69, 9.17) is 4.74 Å². The van der Waals surface area contributed by atoms with Crippen molar-refractivity contribution in [2.24, 2.45) is 0 Å². The van der Waals surface area contributed by atoms with Gasteiger partial charge in [-0.2, -0.15) is 0 Å². The molecule has 0 fully saturated rings. The van der Waals surface area contributed by atoms with E-state index in [2.05, 4.69) is 0 Å².